The molecule has 0 amide bonds. The molecule has 4 rings (SSSR count). The lowest BCUT2D eigenvalue weighted by molar-refractivity contribution is -0.153. The highest BCUT2D eigenvalue weighted by molar-refractivity contribution is 7.12. The Morgan fingerprint density at radius 2 is 1.20 bits per heavy atom. The van der Waals surface area contributed by atoms with Gasteiger partial charge in [-0.1, -0.05) is 0 Å². The maximum atomic E-state index is 12.1. The summed E-state index contributed by atoms with van der Waals surface area (Å²) in [4.78, 5) is 29.4. The van der Waals surface area contributed by atoms with Crippen LogP contribution in [0.15, 0.2) is 12.1 Å². The average molecular weight is 373 g/mol. The summed E-state index contributed by atoms with van der Waals surface area (Å²) in [5.41, 5.74) is 4.89. The van der Waals surface area contributed by atoms with E-state index in [1.807, 2.05) is 0 Å². The third-order valence-electron chi connectivity index (χ3n) is 5.24. The summed E-state index contributed by atoms with van der Waals surface area (Å²) in [6.07, 6.45) is 1.19. The second-order valence-corrected chi connectivity index (χ2v) is 9.89. The van der Waals surface area contributed by atoms with Crippen LogP contribution < -0.4 is 0 Å². The Hall–Kier alpha value is -1.72. The lowest BCUT2D eigenvalue weighted by Crippen LogP contribution is -2.23. The molecular formula is C20H20O3S2. The van der Waals surface area contributed by atoms with Crippen molar-refractivity contribution in [1.29, 1.82) is 0 Å². The van der Waals surface area contributed by atoms with E-state index in [4.69, 9.17) is 4.74 Å². The fourth-order valence-electron chi connectivity index (χ4n) is 4.12. The summed E-state index contributed by atoms with van der Waals surface area (Å²) in [6.45, 7) is 8.49. The largest absolute Gasteiger partial charge is 0.393 e. The molecule has 3 heterocycles. The first-order chi connectivity index (χ1) is 11.8. The van der Waals surface area contributed by atoms with Crippen LogP contribution in [0.1, 0.15) is 43.5 Å². The van der Waals surface area contributed by atoms with Crippen LogP contribution in [-0.2, 0) is 14.3 Å². The van der Waals surface area contributed by atoms with Crippen molar-refractivity contribution >= 4 is 45.8 Å². The van der Waals surface area contributed by atoms with Gasteiger partial charge in [-0.2, -0.15) is 0 Å². The Bertz CT molecular complexity index is 855. The third kappa shape index (κ3) is 2.70. The Balaban J connectivity index is 1.92. The number of cyclic esters (lactones) is 2. The van der Waals surface area contributed by atoms with E-state index < -0.39 is 0 Å². The van der Waals surface area contributed by atoms with Crippen molar-refractivity contribution in [3.05, 3.63) is 42.8 Å². The normalized spacial score (nSPS) is 23.2. The summed E-state index contributed by atoms with van der Waals surface area (Å²) in [5, 5.41) is 0. The Morgan fingerprint density at radius 1 is 0.800 bits per heavy atom. The molecule has 130 valence electrons. The number of hydrogen-bond donors (Lipinski definition) is 0. The zero-order valence-electron chi connectivity index (χ0n) is 14.8. The number of carbonyl (C=O) groups excluding carboxylic acids is 2. The van der Waals surface area contributed by atoms with Crippen LogP contribution in [0.3, 0.4) is 0 Å². The Kier molecular flexibility index (Phi) is 3.96. The van der Waals surface area contributed by atoms with Crippen molar-refractivity contribution in [2.45, 2.75) is 40.5 Å². The van der Waals surface area contributed by atoms with Crippen molar-refractivity contribution in [2.24, 2.45) is 11.8 Å². The Morgan fingerprint density at radius 3 is 1.52 bits per heavy atom. The molecule has 2 unspecified atom stereocenters. The first-order valence-electron chi connectivity index (χ1n) is 8.47. The second kappa shape index (κ2) is 5.92. The summed E-state index contributed by atoms with van der Waals surface area (Å²) >= 11 is 3.56. The monoisotopic (exact) mass is 372 g/mol. The molecule has 0 N–H and O–H groups in total. The van der Waals surface area contributed by atoms with Crippen LogP contribution >= 0.6 is 22.7 Å². The number of rotatable bonds is 2. The van der Waals surface area contributed by atoms with Gasteiger partial charge in [0.1, 0.15) is 0 Å². The van der Waals surface area contributed by atoms with Crippen LogP contribution in [0.5, 0.6) is 0 Å². The number of hydrogen-bond acceptors (Lipinski definition) is 5. The van der Waals surface area contributed by atoms with Gasteiger partial charge in [0.25, 0.3) is 0 Å². The lowest BCUT2D eigenvalue weighted by atomic mass is 9.73. The Labute approximate surface area is 155 Å². The molecule has 0 radical (unpaired) electrons. The van der Waals surface area contributed by atoms with E-state index in [1.54, 1.807) is 22.7 Å². The quantitative estimate of drug-likeness (QED) is 0.546. The highest BCUT2D eigenvalue weighted by atomic mass is 32.1. The predicted octanol–water partition coefficient (Wildman–Crippen LogP) is 5.06. The van der Waals surface area contributed by atoms with E-state index in [2.05, 4.69) is 39.8 Å². The lowest BCUT2D eigenvalue weighted by Gasteiger charge is -2.27. The van der Waals surface area contributed by atoms with Crippen LogP contribution in [0, 0.1) is 39.5 Å². The van der Waals surface area contributed by atoms with Gasteiger partial charge in [0, 0.05) is 19.5 Å². The van der Waals surface area contributed by atoms with Gasteiger partial charge in [-0.25, -0.2) is 0 Å². The molecule has 25 heavy (non-hydrogen) atoms. The minimum atomic E-state index is -0.352. The summed E-state index contributed by atoms with van der Waals surface area (Å²) in [7, 11) is 0. The van der Waals surface area contributed by atoms with Crippen LogP contribution in [-0.4, -0.2) is 11.9 Å². The molecule has 3 nitrogen and oxygen atoms in total. The smallest absolute Gasteiger partial charge is 0.317 e. The highest BCUT2D eigenvalue weighted by Gasteiger charge is 2.48. The standard InChI is InChI=1S/C20H20O3S2/c1-9-5-13(11(3)24-9)15-7-17-18(20(22)23-19(17)21)8-16(15)14-6-10(2)25-12(14)4/h5-6,17-18H,7-8H2,1-4H3. The molecule has 1 fully saturated rings. The predicted molar refractivity (Wildman–Crippen MR) is 102 cm³/mol. The second-order valence-electron chi connectivity index (χ2n) is 6.97. The molecule has 0 aromatic carbocycles. The molecule has 2 atom stereocenters. The topological polar surface area (TPSA) is 43.4 Å². The van der Waals surface area contributed by atoms with Gasteiger partial charge in [-0.15, -0.1) is 22.7 Å². The van der Waals surface area contributed by atoms with Gasteiger partial charge in [-0.3, -0.25) is 9.59 Å². The molecular weight excluding hydrogens is 352 g/mol. The van der Waals surface area contributed by atoms with Gasteiger partial charge < -0.3 is 4.74 Å². The van der Waals surface area contributed by atoms with Crippen LogP contribution in [0.25, 0.3) is 11.1 Å². The number of fused-ring (bicyclic) bond motifs is 1. The van der Waals surface area contributed by atoms with Gasteiger partial charge in [0.15, 0.2) is 0 Å². The molecule has 2 aliphatic rings. The number of aryl methyl sites for hydroxylation is 4. The minimum absolute atomic E-state index is 0.328. The van der Waals surface area contributed by atoms with Crippen molar-refractivity contribution in [1.82, 2.24) is 0 Å². The molecule has 5 heteroatoms. The maximum absolute atomic E-state index is 12.1. The van der Waals surface area contributed by atoms with Crippen molar-refractivity contribution in [3.63, 3.8) is 0 Å². The van der Waals surface area contributed by atoms with E-state index in [1.165, 1.54) is 41.8 Å². The fourth-order valence-corrected chi connectivity index (χ4v) is 6.03. The van der Waals surface area contributed by atoms with Gasteiger partial charge in [-0.05, 0) is 74.9 Å². The molecule has 0 spiro atoms. The molecule has 1 saturated heterocycles. The number of esters is 2. The van der Waals surface area contributed by atoms with Gasteiger partial charge >= 0.3 is 11.9 Å². The van der Waals surface area contributed by atoms with E-state index in [0.717, 1.165) is 0 Å². The van der Waals surface area contributed by atoms with Crippen molar-refractivity contribution < 1.29 is 14.3 Å². The molecule has 1 aliphatic heterocycles. The third-order valence-corrected chi connectivity index (χ3v) is 7.17. The molecule has 2 aromatic rings. The molecule has 1 aliphatic carbocycles. The first-order valence-corrected chi connectivity index (χ1v) is 10.1. The summed E-state index contributed by atoms with van der Waals surface area (Å²) in [5.74, 6) is -1.36. The van der Waals surface area contributed by atoms with E-state index in [-0.39, 0.29) is 23.8 Å². The first kappa shape index (κ1) is 16.7. The summed E-state index contributed by atoms with van der Waals surface area (Å²) < 4.78 is 4.95. The number of thiophene rings is 2. The molecule has 2 aromatic heterocycles. The summed E-state index contributed by atoms with van der Waals surface area (Å²) in [6, 6.07) is 4.43. The highest BCUT2D eigenvalue weighted by Crippen LogP contribution is 2.49. The minimum Gasteiger partial charge on any atom is -0.393 e. The SMILES string of the molecule is Cc1cc(C2=C(c3cc(C)sc3C)CC3C(=O)OC(=O)C3C2)c(C)s1. The molecule has 0 saturated carbocycles. The number of ether oxygens (including phenoxy) is 1. The van der Waals surface area contributed by atoms with E-state index in [9.17, 15) is 9.59 Å². The zero-order valence-corrected chi connectivity index (χ0v) is 16.4. The zero-order chi connectivity index (χ0) is 17.9. The fraction of sp³-hybridized carbons (Fsp3) is 0.400. The van der Waals surface area contributed by atoms with Gasteiger partial charge in [0.2, 0.25) is 0 Å². The average Bonchev–Trinajstić information content (AvgIpc) is 3.14. The number of carbonyl (C=O) groups is 2. The van der Waals surface area contributed by atoms with Crippen LogP contribution in [0.2, 0.25) is 0 Å². The van der Waals surface area contributed by atoms with E-state index in [0.29, 0.717) is 12.8 Å². The number of allylic oxidation sites excluding steroid dienone is 2. The molecule has 0 bridgehead atoms. The van der Waals surface area contributed by atoms with Crippen molar-refractivity contribution in [3.8, 4) is 0 Å². The van der Waals surface area contributed by atoms with Crippen LogP contribution in [0.4, 0.5) is 0 Å². The van der Waals surface area contributed by atoms with Crippen molar-refractivity contribution in [2.75, 3.05) is 0 Å². The maximum Gasteiger partial charge on any atom is 0.317 e. The van der Waals surface area contributed by atoms with E-state index >= 15 is 0 Å². The van der Waals surface area contributed by atoms with Gasteiger partial charge in [0.05, 0.1) is 11.8 Å².